The van der Waals surface area contributed by atoms with Gasteiger partial charge in [0.25, 0.3) is 0 Å². The van der Waals surface area contributed by atoms with Crippen LogP contribution < -0.4 is 5.32 Å². The number of halogens is 1. The van der Waals surface area contributed by atoms with Crippen molar-refractivity contribution < 1.29 is 10.0 Å². The third kappa shape index (κ3) is 3.27. The summed E-state index contributed by atoms with van der Waals surface area (Å²) in [4.78, 5) is 18.0. The zero-order chi connectivity index (χ0) is 13.9. The summed E-state index contributed by atoms with van der Waals surface area (Å²) >= 11 is 5.69. The van der Waals surface area contributed by atoms with Crippen LogP contribution in [0.25, 0.3) is 0 Å². The summed E-state index contributed by atoms with van der Waals surface area (Å²) in [5.41, 5.74) is 0.00254. The van der Waals surface area contributed by atoms with E-state index in [0.29, 0.717) is 0 Å². The molecule has 0 aromatic carbocycles. The van der Waals surface area contributed by atoms with E-state index >= 15 is 0 Å². The predicted molar refractivity (Wildman–Crippen MR) is 67.8 cm³/mol. The molecule has 0 aliphatic rings. The maximum Gasteiger partial charge on any atom is 0.332 e. The van der Waals surface area contributed by atoms with Gasteiger partial charge in [0, 0.05) is 12.6 Å². The summed E-state index contributed by atoms with van der Waals surface area (Å²) in [6, 6.07) is -0.181. The molecule has 1 heterocycles. The Bertz CT molecular complexity index is 455. The summed E-state index contributed by atoms with van der Waals surface area (Å²) in [5, 5.41) is 22.8. The SMILES string of the molecule is Cc1nc(Cl)nc(NC(C)C(C)CO)c1[N+](=O)[O-]. The molecule has 0 aliphatic carbocycles. The third-order valence-electron chi connectivity index (χ3n) is 2.72. The number of nitrogens with zero attached hydrogens (tertiary/aromatic N) is 3. The Morgan fingerprint density at radius 2 is 2.11 bits per heavy atom. The quantitative estimate of drug-likeness (QED) is 0.482. The molecule has 2 unspecified atom stereocenters. The van der Waals surface area contributed by atoms with Crippen molar-refractivity contribution in [2.75, 3.05) is 11.9 Å². The normalized spacial score (nSPS) is 14.1. The van der Waals surface area contributed by atoms with Crippen LogP contribution in [0, 0.1) is 23.0 Å². The first kappa shape index (κ1) is 14.6. The highest BCUT2D eigenvalue weighted by molar-refractivity contribution is 6.28. The molecule has 7 nitrogen and oxygen atoms in total. The molecule has 1 aromatic heterocycles. The van der Waals surface area contributed by atoms with E-state index in [9.17, 15) is 10.1 Å². The highest BCUT2D eigenvalue weighted by atomic mass is 35.5. The lowest BCUT2D eigenvalue weighted by atomic mass is 10.1. The van der Waals surface area contributed by atoms with Gasteiger partial charge in [0.15, 0.2) is 0 Å². The van der Waals surface area contributed by atoms with Gasteiger partial charge in [-0.1, -0.05) is 6.92 Å². The highest BCUT2D eigenvalue weighted by Crippen LogP contribution is 2.27. The lowest BCUT2D eigenvalue weighted by Crippen LogP contribution is -2.27. The van der Waals surface area contributed by atoms with Crippen molar-refractivity contribution in [1.82, 2.24) is 9.97 Å². The van der Waals surface area contributed by atoms with Crippen molar-refractivity contribution in [1.29, 1.82) is 0 Å². The molecular formula is C10H15ClN4O3. The minimum Gasteiger partial charge on any atom is -0.396 e. The number of aliphatic hydroxyl groups is 1. The number of nitrogens with one attached hydrogen (secondary N) is 1. The summed E-state index contributed by atoms with van der Waals surface area (Å²) in [6.45, 7) is 5.09. The molecule has 0 saturated heterocycles. The predicted octanol–water partition coefficient (Wildman–Crippen LogP) is 1.78. The van der Waals surface area contributed by atoms with Crippen molar-refractivity contribution in [3.05, 3.63) is 21.1 Å². The number of nitro groups is 1. The van der Waals surface area contributed by atoms with Gasteiger partial charge in [-0.15, -0.1) is 0 Å². The molecule has 0 amide bonds. The first-order chi connectivity index (χ1) is 8.36. The molecular weight excluding hydrogens is 260 g/mol. The van der Waals surface area contributed by atoms with Crippen molar-refractivity contribution in [3.8, 4) is 0 Å². The topological polar surface area (TPSA) is 101 Å². The minimum absolute atomic E-state index is 0.0280. The molecule has 8 heteroatoms. The lowest BCUT2D eigenvalue weighted by Gasteiger charge is -2.19. The Kier molecular flexibility index (Phi) is 4.80. The van der Waals surface area contributed by atoms with Gasteiger partial charge in [-0.2, -0.15) is 4.98 Å². The molecule has 18 heavy (non-hydrogen) atoms. The molecule has 2 atom stereocenters. The average molecular weight is 275 g/mol. The maximum absolute atomic E-state index is 11.0. The number of aromatic nitrogens is 2. The van der Waals surface area contributed by atoms with E-state index in [-0.39, 0.29) is 41.0 Å². The van der Waals surface area contributed by atoms with Crippen molar-refractivity contribution in [2.24, 2.45) is 5.92 Å². The summed E-state index contributed by atoms with van der Waals surface area (Å²) in [6.07, 6.45) is 0. The van der Waals surface area contributed by atoms with Crippen LogP contribution in [0.1, 0.15) is 19.5 Å². The van der Waals surface area contributed by atoms with Crippen LogP contribution in [-0.2, 0) is 0 Å². The van der Waals surface area contributed by atoms with Crippen molar-refractivity contribution >= 4 is 23.1 Å². The van der Waals surface area contributed by atoms with E-state index in [1.54, 1.807) is 6.92 Å². The van der Waals surface area contributed by atoms with E-state index in [1.165, 1.54) is 6.92 Å². The Morgan fingerprint density at radius 3 is 2.61 bits per heavy atom. The molecule has 2 N–H and O–H groups in total. The molecule has 0 aliphatic heterocycles. The van der Waals surface area contributed by atoms with Gasteiger partial charge in [0.2, 0.25) is 11.1 Å². The monoisotopic (exact) mass is 274 g/mol. The standard InChI is InChI=1S/C10H15ClN4O3/c1-5(4-16)6(2)12-9-8(15(17)18)7(3)13-10(11)14-9/h5-6,16H,4H2,1-3H3,(H,12,13,14). The number of hydrogen-bond donors (Lipinski definition) is 2. The fourth-order valence-corrected chi connectivity index (χ4v) is 1.58. The second-order valence-electron chi connectivity index (χ2n) is 4.13. The minimum atomic E-state index is -0.551. The Balaban J connectivity index is 3.11. The largest absolute Gasteiger partial charge is 0.396 e. The first-order valence-corrected chi connectivity index (χ1v) is 5.80. The molecule has 0 spiro atoms. The van der Waals surface area contributed by atoms with Gasteiger partial charge in [-0.3, -0.25) is 10.1 Å². The number of rotatable bonds is 5. The molecule has 1 aromatic rings. The summed E-state index contributed by atoms with van der Waals surface area (Å²) in [5.74, 6) is 0.00366. The van der Waals surface area contributed by atoms with E-state index in [4.69, 9.17) is 16.7 Å². The van der Waals surface area contributed by atoms with Crippen LogP contribution in [0.15, 0.2) is 0 Å². The maximum atomic E-state index is 11.0. The Hall–Kier alpha value is -1.47. The van der Waals surface area contributed by atoms with Gasteiger partial charge in [0.1, 0.15) is 5.69 Å². The fraction of sp³-hybridized carbons (Fsp3) is 0.600. The van der Waals surface area contributed by atoms with E-state index in [2.05, 4.69) is 15.3 Å². The van der Waals surface area contributed by atoms with Gasteiger partial charge >= 0.3 is 5.69 Å². The van der Waals surface area contributed by atoms with Crippen LogP contribution in [0.2, 0.25) is 5.28 Å². The zero-order valence-electron chi connectivity index (χ0n) is 10.3. The van der Waals surface area contributed by atoms with Gasteiger partial charge < -0.3 is 10.4 Å². The smallest absolute Gasteiger partial charge is 0.332 e. The number of anilines is 1. The summed E-state index contributed by atoms with van der Waals surface area (Å²) < 4.78 is 0. The molecule has 0 fully saturated rings. The van der Waals surface area contributed by atoms with Crippen molar-refractivity contribution in [3.63, 3.8) is 0 Å². The van der Waals surface area contributed by atoms with Crippen LogP contribution in [0.5, 0.6) is 0 Å². The highest BCUT2D eigenvalue weighted by Gasteiger charge is 2.24. The van der Waals surface area contributed by atoms with Gasteiger partial charge in [-0.25, -0.2) is 4.98 Å². The van der Waals surface area contributed by atoms with Crippen LogP contribution in [0.4, 0.5) is 11.5 Å². The van der Waals surface area contributed by atoms with Gasteiger partial charge in [0.05, 0.1) is 4.92 Å². The fourth-order valence-electron chi connectivity index (χ4n) is 1.37. The third-order valence-corrected chi connectivity index (χ3v) is 2.89. The zero-order valence-corrected chi connectivity index (χ0v) is 11.1. The Morgan fingerprint density at radius 1 is 1.50 bits per heavy atom. The van der Waals surface area contributed by atoms with Gasteiger partial charge in [-0.05, 0) is 31.4 Å². The second-order valence-corrected chi connectivity index (χ2v) is 4.46. The van der Waals surface area contributed by atoms with Crippen molar-refractivity contribution in [2.45, 2.75) is 26.8 Å². The number of hydrogen-bond acceptors (Lipinski definition) is 6. The van der Waals surface area contributed by atoms with E-state index in [0.717, 1.165) is 0 Å². The average Bonchev–Trinajstić information content (AvgIpc) is 2.26. The molecule has 0 radical (unpaired) electrons. The second kappa shape index (κ2) is 5.92. The molecule has 100 valence electrons. The summed E-state index contributed by atoms with van der Waals surface area (Å²) in [7, 11) is 0. The first-order valence-electron chi connectivity index (χ1n) is 5.42. The van der Waals surface area contributed by atoms with Crippen LogP contribution >= 0.6 is 11.6 Å². The van der Waals surface area contributed by atoms with Crippen LogP contribution in [-0.4, -0.2) is 32.6 Å². The number of aliphatic hydroxyl groups excluding tert-OH is 1. The number of aryl methyl sites for hydroxylation is 1. The van der Waals surface area contributed by atoms with E-state index < -0.39 is 4.92 Å². The van der Waals surface area contributed by atoms with Crippen LogP contribution in [0.3, 0.4) is 0 Å². The Labute approximate surface area is 109 Å². The lowest BCUT2D eigenvalue weighted by molar-refractivity contribution is -0.385. The molecule has 0 bridgehead atoms. The van der Waals surface area contributed by atoms with E-state index in [1.807, 2.05) is 6.92 Å². The molecule has 0 saturated carbocycles. The molecule has 1 rings (SSSR count).